The van der Waals surface area contributed by atoms with Crippen LogP contribution in [0, 0.1) is 0 Å². The van der Waals surface area contributed by atoms with Crippen LogP contribution in [0.2, 0.25) is 0 Å². The summed E-state index contributed by atoms with van der Waals surface area (Å²) in [5, 5.41) is 9.79. The molecule has 0 saturated carbocycles. The summed E-state index contributed by atoms with van der Waals surface area (Å²) in [7, 11) is 3.17. The molecular formula is C24H31N3O3. The minimum atomic E-state index is -0.123. The first-order valence-electron chi connectivity index (χ1n) is 10.4. The molecule has 6 heteroatoms. The van der Waals surface area contributed by atoms with E-state index in [0.29, 0.717) is 17.1 Å². The first kappa shape index (κ1) is 21.7. The predicted octanol–water partition coefficient (Wildman–Crippen LogP) is 4.43. The van der Waals surface area contributed by atoms with E-state index in [2.05, 4.69) is 47.1 Å². The summed E-state index contributed by atoms with van der Waals surface area (Å²) in [4.78, 5) is 12.5. The van der Waals surface area contributed by atoms with E-state index in [-0.39, 0.29) is 11.9 Å². The highest BCUT2D eigenvalue weighted by molar-refractivity contribution is 6.31. The molecule has 0 fully saturated rings. The van der Waals surface area contributed by atoms with Crippen molar-refractivity contribution in [1.82, 2.24) is 5.32 Å². The molecule has 0 aromatic heterocycles. The molecule has 0 bridgehead atoms. The lowest BCUT2D eigenvalue weighted by Crippen LogP contribution is -2.15. The van der Waals surface area contributed by atoms with Crippen LogP contribution in [0.15, 0.2) is 42.5 Å². The summed E-state index contributed by atoms with van der Waals surface area (Å²) >= 11 is 0. The maximum atomic E-state index is 12.5. The van der Waals surface area contributed by atoms with Crippen molar-refractivity contribution in [2.24, 2.45) is 0 Å². The Morgan fingerprint density at radius 3 is 2.47 bits per heavy atom. The van der Waals surface area contributed by atoms with E-state index < -0.39 is 0 Å². The Balaban J connectivity index is 1.68. The van der Waals surface area contributed by atoms with Crippen LogP contribution in [0.3, 0.4) is 0 Å². The minimum absolute atomic E-state index is 0.0293. The number of methoxy groups -OCH3 is 2. The van der Waals surface area contributed by atoms with Crippen molar-refractivity contribution in [3.05, 3.63) is 53.6 Å². The van der Waals surface area contributed by atoms with Crippen LogP contribution in [0.5, 0.6) is 11.5 Å². The van der Waals surface area contributed by atoms with Gasteiger partial charge in [-0.25, -0.2) is 0 Å². The van der Waals surface area contributed by atoms with Gasteiger partial charge in [0.15, 0.2) is 11.5 Å². The molecule has 1 aliphatic heterocycles. The van der Waals surface area contributed by atoms with Gasteiger partial charge >= 0.3 is 0 Å². The molecule has 1 amide bonds. The minimum Gasteiger partial charge on any atom is -0.493 e. The zero-order valence-electron chi connectivity index (χ0n) is 18.2. The van der Waals surface area contributed by atoms with E-state index in [1.807, 2.05) is 19.1 Å². The number of hydrogen-bond donors (Lipinski definition) is 3. The number of amides is 1. The van der Waals surface area contributed by atoms with E-state index >= 15 is 0 Å². The fourth-order valence-corrected chi connectivity index (χ4v) is 3.49. The van der Waals surface area contributed by atoms with Gasteiger partial charge in [-0.05, 0) is 49.7 Å². The number of carbonyl (C=O) groups excluding carboxylic acids is 1. The summed E-state index contributed by atoms with van der Waals surface area (Å²) in [6, 6.07) is 12.0. The third kappa shape index (κ3) is 5.13. The van der Waals surface area contributed by atoms with Crippen LogP contribution >= 0.6 is 0 Å². The second-order valence-corrected chi connectivity index (χ2v) is 7.45. The molecule has 1 atom stereocenters. The quantitative estimate of drug-likeness (QED) is 0.400. The number of benzene rings is 2. The fourth-order valence-electron chi connectivity index (χ4n) is 3.49. The highest BCUT2D eigenvalue weighted by atomic mass is 16.5. The smallest absolute Gasteiger partial charge is 0.256 e. The number of anilines is 2. The number of unbranched alkanes of at least 4 members (excludes halogenated alkanes) is 1. The second-order valence-electron chi connectivity index (χ2n) is 7.45. The molecule has 0 aliphatic carbocycles. The first-order valence-corrected chi connectivity index (χ1v) is 10.4. The third-order valence-electron chi connectivity index (χ3n) is 5.11. The average molecular weight is 410 g/mol. The van der Waals surface area contributed by atoms with Gasteiger partial charge in [-0.2, -0.15) is 0 Å². The fraction of sp³-hybridized carbons (Fsp3) is 0.375. The lowest BCUT2D eigenvalue weighted by atomic mass is 10.0. The van der Waals surface area contributed by atoms with E-state index in [9.17, 15) is 4.79 Å². The van der Waals surface area contributed by atoms with Gasteiger partial charge < -0.3 is 25.4 Å². The molecule has 3 rings (SSSR count). The molecule has 1 unspecified atom stereocenters. The van der Waals surface area contributed by atoms with Gasteiger partial charge in [-0.3, -0.25) is 4.79 Å². The zero-order chi connectivity index (χ0) is 21.5. The van der Waals surface area contributed by atoms with Crippen molar-refractivity contribution in [2.45, 2.75) is 39.3 Å². The van der Waals surface area contributed by atoms with Crippen molar-refractivity contribution < 1.29 is 14.3 Å². The molecule has 2 aromatic rings. The molecule has 0 radical (unpaired) electrons. The summed E-state index contributed by atoms with van der Waals surface area (Å²) in [6.45, 7) is 6.14. The Morgan fingerprint density at radius 1 is 1.10 bits per heavy atom. The third-order valence-corrected chi connectivity index (χ3v) is 5.11. The number of carbonyl (C=O) groups is 1. The molecule has 1 aliphatic rings. The lowest BCUT2D eigenvalue weighted by Gasteiger charge is -2.14. The van der Waals surface area contributed by atoms with Crippen molar-refractivity contribution in [1.29, 1.82) is 0 Å². The van der Waals surface area contributed by atoms with Gasteiger partial charge in [0.05, 0.1) is 19.9 Å². The Morgan fingerprint density at radius 2 is 1.80 bits per heavy atom. The molecule has 3 N–H and O–H groups in total. The van der Waals surface area contributed by atoms with E-state index in [1.54, 1.807) is 20.3 Å². The largest absolute Gasteiger partial charge is 0.493 e. The van der Waals surface area contributed by atoms with Crippen molar-refractivity contribution >= 4 is 22.9 Å². The standard InChI is InChI=1S/C24H31N3O3/c1-5-6-11-25-15-17-7-9-18(10-8-17)26-16(2)12-20-19-13-22(29-3)23(30-4)14-21(19)27-24(20)28/h7-10,12-14,16,25-26H,5-6,11,15H2,1-4H3,(H,27,28). The number of fused-ring (bicyclic) bond motifs is 1. The Kier molecular flexibility index (Phi) is 7.36. The van der Waals surface area contributed by atoms with Gasteiger partial charge in [0.1, 0.15) is 0 Å². The topological polar surface area (TPSA) is 71.6 Å². The first-order chi connectivity index (χ1) is 14.5. The van der Waals surface area contributed by atoms with Gasteiger partial charge in [-0.15, -0.1) is 0 Å². The maximum Gasteiger partial charge on any atom is 0.256 e. The zero-order valence-corrected chi connectivity index (χ0v) is 18.2. The van der Waals surface area contributed by atoms with Crippen LogP contribution in [-0.2, 0) is 11.3 Å². The van der Waals surface area contributed by atoms with Crippen molar-refractivity contribution in [2.75, 3.05) is 31.4 Å². The highest BCUT2D eigenvalue weighted by Gasteiger charge is 2.27. The highest BCUT2D eigenvalue weighted by Crippen LogP contribution is 2.40. The van der Waals surface area contributed by atoms with Crippen LogP contribution in [0.25, 0.3) is 5.57 Å². The maximum absolute atomic E-state index is 12.5. The van der Waals surface area contributed by atoms with Crippen LogP contribution in [0.4, 0.5) is 11.4 Å². The molecule has 6 nitrogen and oxygen atoms in total. The number of hydrogen-bond acceptors (Lipinski definition) is 5. The molecule has 0 spiro atoms. The lowest BCUT2D eigenvalue weighted by molar-refractivity contribution is -0.110. The van der Waals surface area contributed by atoms with Gasteiger partial charge in [0, 0.05) is 35.5 Å². The normalized spacial score (nSPS) is 14.9. The summed E-state index contributed by atoms with van der Waals surface area (Å²) < 4.78 is 10.7. The SMILES string of the molecule is CCCCNCc1ccc(NC(C)C=C2C(=O)Nc3cc(OC)c(OC)cc32)cc1. The van der Waals surface area contributed by atoms with Gasteiger partial charge in [-0.1, -0.05) is 25.5 Å². The predicted molar refractivity (Wildman–Crippen MR) is 122 cm³/mol. The Labute approximate surface area is 178 Å². The molecule has 160 valence electrons. The number of ether oxygens (including phenoxy) is 2. The Bertz CT molecular complexity index is 907. The van der Waals surface area contributed by atoms with Crippen LogP contribution in [0.1, 0.15) is 37.8 Å². The van der Waals surface area contributed by atoms with Crippen LogP contribution < -0.4 is 25.4 Å². The summed E-state index contributed by atoms with van der Waals surface area (Å²) in [6.07, 6.45) is 4.33. The molecular weight excluding hydrogens is 378 g/mol. The molecule has 30 heavy (non-hydrogen) atoms. The average Bonchev–Trinajstić information content (AvgIpc) is 3.05. The summed E-state index contributed by atoms with van der Waals surface area (Å²) in [5.41, 5.74) is 4.45. The molecule has 0 saturated heterocycles. The number of rotatable bonds is 10. The van der Waals surface area contributed by atoms with Gasteiger partial charge in [0.25, 0.3) is 5.91 Å². The van der Waals surface area contributed by atoms with Gasteiger partial charge in [0.2, 0.25) is 0 Å². The van der Waals surface area contributed by atoms with Crippen LogP contribution in [-0.4, -0.2) is 32.7 Å². The van der Waals surface area contributed by atoms with E-state index in [4.69, 9.17) is 9.47 Å². The van der Waals surface area contributed by atoms with E-state index in [1.165, 1.54) is 18.4 Å². The van der Waals surface area contributed by atoms with Crippen molar-refractivity contribution in [3.8, 4) is 11.5 Å². The summed E-state index contributed by atoms with van der Waals surface area (Å²) in [5.74, 6) is 1.07. The Hall–Kier alpha value is -2.99. The van der Waals surface area contributed by atoms with E-state index in [0.717, 1.165) is 30.0 Å². The number of nitrogens with one attached hydrogen (secondary N) is 3. The van der Waals surface area contributed by atoms with Crippen molar-refractivity contribution in [3.63, 3.8) is 0 Å². The second kappa shape index (κ2) is 10.2. The molecule has 1 heterocycles. The molecule has 2 aromatic carbocycles. The monoisotopic (exact) mass is 409 g/mol.